The Kier molecular flexibility index (Phi) is 4.53. The van der Waals surface area contributed by atoms with E-state index in [0.29, 0.717) is 13.0 Å². The molecule has 0 saturated carbocycles. The largest absolute Gasteiger partial charge is 0.492 e. The normalized spacial score (nSPS) is 9.31. The summed E-state index contributed by atoms with van der Waals surface area (Å²) in [6.07, 6.45) is 0.420. The van der Waals surface area contributed by atoms with Crippen LogP contribution >= 0.6 is 38.5 Å². The Labute approximate surface area is 99.2 Å². The van der Waals surface area contributed by atoms with Crippen LogP contribution in [0.15, 0.2) is 22.7 Å². The Morgan fingerprint density at radius 3 is 2.92 bits per heavy atom. The first kappa shape index (κ1) is 10.8. The van der Waals surface area contributed by atoms with Crippen LogP contribution in [-0.4, -0.2) is 6.61 Å². The van der Waals surface area contributed by atoms with E-state index in [0.717, 1.165) is 13.8 Å². The van der Waals surface area contributed by atoms with Gasteiger partial charge in [-0.05, 0) is 56.7 Å². The third-order valence-corrected chi connectivity index (χ3v) is 3.71. The summed E-state index contributed by atoms with van der Waals surface area (Å²) in [5, 5.41) is 8.30. The minimum atomic E-state index is 0.420. The number of rotatable bonds is 3. The Bertz CT molecular complexity index is 335. The average Bonchev–Trinajstić information content (AvgIpc) is 2.12. The maximum Gasteiger partial charge on any atom is 0.120 e. The lowest BCUT2D eigenvalue weighted by Crippen LogP contribution is -1.95. The lowest BCUT2D eigenvalue weighted by Gasteiger charge is -2.04. The molecule has 13 heavy (non-hydrogen) atoms. The van der Waals surface area contributed by atoms with Crippen molar-refractivity contribution in [1.82, 2.24) is 0 Å². The molecule has 4 heteroatoms. The SMILES string of the molecule is N#CCCOc1ccc(I)c(Br)c1. The van der Waals surface area contributed by atoms with E-state index in [1.54, 1.807) is 0 Å². The Morgan fingerprint density at radius 2 is 2.31 bits per heavy atom. The van der Waals surface area contributed by atoms with Crippen LogP contribution in [0, 0.1) is 14.9 Å². The summed E-state index contributed by atoms with van der Waals surface area (Å²) in [5.41, 5.74) is 0. The summed E-state index contributed by atoms with van der Waals surface area (Å²) in [5.74, 6) is 0.794. The molecule has 0 fully saturated rings. The van der Waals surface area contributed by atoms with Gasteiger partial charge in [0.1, 0.15) is 12.4 Å². The molecular weight excluding hydrogens is 345 g/mol. The van der Waals surface area contributed by atoms with E-state index < -0.39 is 0 Å². The highest BCUT2D eigenvalue weighted by Crippen LogP contribution is 2.24. The zero-order valence-electron chi connectivity index (χ0n) is 6.76. The molecule has 0 unspecified atom stereocenters. The van der Waals surface area contributed by atoms with E-state index >= 15 is 0 Å². The second kappa shape index (κ2) is 5.45. The number of ether oxygens (including phenoxy) is 1. The van der Waals surface area contributed by atoms with E-state index in [2.05, 4.69) is 38.5 Å². The molecule has 1 aromatic carbocycles. The Hall–Kier alpha value is -0.280. The van der Waals surface area contributed by atoms with E-state index in [-0.39, 0.29) is 0 Å². The first-order valence-electron chi connectivity index (χ1n) is 3.69. The van der Waals surface area contributed by atoms with Gasteiger partial charge in [0.25, 0.3) is 0 Å². The second-order valence-electron chi connectivity index (χ2n) is 2.33. The van der Waals surface area contributed by atoms with Gasteiger partial charge in [-0.3, -0.25) is 0 Å². The quantitative estimate of drug-likeness (QED) is 0.618. The number of benzene rings is 1. The Balaban J connectivity index is 2.59. The van der Waals surface area contributed by atoms with Gasteiger partial charge < -0.3 is 4.74 Å². The molecule has 68 valence electrons. The molecule has 0 aliphatic heterocycles. The monoisotopic (exact) mass is 351 g/mol. The molecule has 0 aliphatic carbocycles. The van der Waals surface area contributed by atoms with Gasteiger partial charge in [0.2, 0.25) is 0 Å². The average molecular weight is 352 g/mol. The van der Waals surface area contributed by atoms with Crippen LogP contribution in [0.25, 0.3) is 0 Å². The fraction of sp³-hybridized carbons (Fsp3) is 0.222. The van der Waals surface area contributed by atoms with Gasteiger partial charge in [-0.2, -0.15) is 5.26 Å². The van der Waals surface area contributed by atoms with Crippen molar-refractivity contribution in [3.05, 3.63) is 26.2 Å². The standard InChI is InChI=1S/C9H7BrINO/c10-8-6-7(2-3-9(8)11)13-5-1-4-12/h2-3,6H,1,5H2. The summed E-state index contributed by atoms with van der Waals surface area (Å²) < 4.78 is 7.49. The lowest BCUT2D eigenvalue weighted by molar-refractivity contribution is 0.326. The molecule has 0 aliphatic rings. The van der Waals surface area contributed by atoms with Crippen LogP contribution in [0.3, 0.4) is 0 Å². The molecule has 1 rings (SSSR count). The van der Waals surface area contributed by atoms with Crippen molar-refractivity contribution >= 4 is 38.5 Å². The second-order valence-corrected chi connectivity index (χ2v) is 4.35. The fourth-order valence-electron chi connectivity index (χ4n) is 0.781. The summed E-state index contributed by atoms with van der Waals surface area (Å²) in [6.45, 7) is 0.448. The number of hydrogen-bond acceptors (Lipinski definition) is 2. The molecule has 1 aromatic rings. The highest BCUT2D eigenvalue weighted by molar-refractivity contribution is 14.1. The predicted octanol–water partition coefficient (Wildman–Crippen LogP) is 3.35. The van der Waals surface area contributed by atoms with Crippen LogP contribution in [0.1, 0.15) is 6.42 Å². The van der Waals surface area contributed by atoms with E-state index in [1.807, 2.05) is 24.3 Å². The van der Waals surface area contributed by atoms with Crippen LogP contribution < -0.4 is 4.74 Å². The topological polar surface area (TPSA) is 33.0 Å². The van der Waals surface area contributed by atoms with Gasteiger partial charge in [-0.15, -0.1) is 0 Å². The molecule has 0 N–H and O–H groups in total. The van der Waals surface area contributed by atoms with Gasteiger partial charge >= 0.3 is 0 Å². The van der Waals surface area contributed by atoms with Crippen molar-refractivity contribution in [3.8, 4) is 11.8 Å². The van der Waals surface area contributed by atoms with Gasteiger partial charge in [-0.1, -0.05) is 0 Å². The highest BCUT2D eigenvalue weighted by atomic mass is 127. The zero-order valence-corrected chi connectivity index (χ0v) is 10.5. The maximum atomic E-state index is 8.30. The molecule has 0 saturated heterocycles. The first-order chi connectivity index (χ1) is 6.24. The van der Waals surface area contributed by atoms with Crippen molar-refractivity contribution < 1.29 is 4.74 Å². The van der Waals surface area contributed by atoms with Crippen molar-refractivity contribution in [3.63, 3.8) is 0 Å². The lowest BCUT2D eigenvalue weighted by atomic mass is 10.3. The number of nitriles is 1. The summed E-state index contributed by atoms with van der Waals surface area (Å²) >= 11 is 5.63. The van der Waals surface area contributed by atoms with E-state index in [4.69, 9.17) is 10.00 Å². The van der Waals surface area contributed by atoms with Gasteiger partial charge in [0.15, 0.2) is 0 Å². The smallest absolute Gasteiger partial charge is 0.120 e. The van der Waals surface area contributed by atoms with Gasteiger partial charge in [-0.25, -0.2) is 0 Å². The summed E-state index contributed by atoms with van der Waals surface area (Å²) in [7, 11) is 0. The third kappa shape index (κ3) is 3.53. The van der Waals surface area contributed by atoms with Crippen LogP contribution in [0.5, 0.6) is 5.75 Å². The fourth-order valence-corrected chi connectivity index (χ4v) is 1.47. The summed E-state index contributed by atoms with van der Waals surface area (Å²) in [6, 6.07) is 7.79. The van der Waals surface area contributed by atoms with Crippen molar-refractivity contribution in [2.75, 3.05) is 6.61 Å². The molecule has 0 atom stereocenters. The molecule has 2 nitrogen and oxygen atoms in total. The Morgan fingerprint density at radius 1 is 1.54 bits per heavy atom. The molecule has 0 heterocycles. The van der Waals surface area contributed by atoms with E-state index in [9.17, 15) is 0 Å². The van der Waals surface area contributed by atoms with Crippen LogP contribution in [-0.2, 0) is 0 Å². The molecule has 0 spiro atoms. The van der Waals surface area contributed by atoms with E-state index in [1.165, 1.54) is 0 Å². The minimum Gasteiger partial charge on any atom is -0.492 e. The molecule has 0 aromatic heterocycles. The van der Waals surface area contributed by atoms with Crippen LogP contribution in [0.4, 0.5) is 0 Å². The first-order valence-corrected chi connectivity index (χ1v) is 5.56. The van der Waals surface area contributed by atoms with Crippen molar-refractivity contribution in [2.45, 2.75) is 6.42 Å². The number of nitrogens with zero attached hydrogens (tertiary/aromatic N) is 1. The zero-order chi connectivity index (χ0) is 9.68. The van der Waals surface area contributed by atoms with Gasteiger partial charge in [0, 0.05) is 8.04 Å². The summed E-state index contributed by atoms with van der Waals surface area (Å²) in [4.78, 5) is 0. The molecule has 0 bridgehead atoms. The third-order valence-electron chi connectivity index (χ3n) is 1.37. The predicted molar refractivity (Wildman–Crippen MR) is 62.6 cm³/mol. The molecular formula is C9H7BrINO. The van der Waals surface area contributed by atoms with Crippen molar-refractivity contribution in [1.29, 1.82) is 5.26 Å². The number of halogens is 2. The van der Waals surface area contributed by atoms with Gasteiger partial charge in [0.05, 0.1) is 12.5 Å². The molecule has 0 amide bonds. The van der Waals surface area contributed by atoms with Crippen LogP contribution in [0.2, 0.25) is 0 Å². The highest BCUT2D eigenvalue weighted by Gasteiger charge is 1.98. The molecule has 0 radical (unpaired) electrons. The van der Waals surface area contributed by atoms with Crippen molar-refractivity contribution in [2.24, 2.45) is 0 Å². The number of hydrogen-bond donors (Lipinski definition) is 0. The maximum absolute atomic E-state index is 8.30. The minimum absolute atomic E-state index is 0.420.